The zero-order valence-corrected chi connectivity index (χ0v) is 9.25. The highest BCUT2D eigenvalue weighted by Gasteiger charge is 2.06. The van der Waals surface area contributed by atoms with E-state index in [2.05, 4.69) is 35.2 Å². The van der Waals surface area contributed by atoms with E-state index in [0.717, 1.165) is 25.3 Å². The first-order valence-electron chi connectivity index (χ1n) is 5.09. The van der Waals surface area contributed by atoms with Crippen molar-refractivity contribution in [3.63, 3.8) is 0 Å². The Balaban J connectivity index is 2.82. The third kappa shape index (κ3) is 2.70. The molecule has 0 aliphatic carbocycles. The molecule has 0 bridgehead atoms. The van der Waals surface area contributed by atoms with Gasteiger partial charge in [-0.05, 0) is 19.5 Å². The molecule has 0 saturated heterocycles. The van der Waals surface area contributed by atoms with Crippen LogP contribution in [0.15, 0.2) is 18.3 Å². The van der Waals surface area contributed by atoms with Gasteiger partial charge in [0.25, 0.3) is 0 Å². The lowest BCUT2D eigenvalue weighted by atomic mass is 10.2. The molecule has 0 aliphatic heterocycles. The number of nitrogens with zero attached hydrogens (tertiary/aromatic N) is 2. The van der Waals surface area contributed by atoms with Gasteiger partial charge in [-0.1, -0.05) is 13.0 Å². The topological polar surface area (TPSA) is 28.2 Å². The zero-order valence-electron chi connectivity index (χ0n) is 9.25. The van der Waals surface area contributed by atoms with E-state index in [9.17, 15) is 0 Å². The van der Waals surface area contributed by atoms with Gasteiger partial charge in [0.1, 0.15) is 5.82 Å². The number of anilines is 1. The van der Waals surface area contributed by atoms with Crippen LogP contribution in [0, 0.1) is 0 Å². The van der Waals surface area contributed by atoms with E-state index in [0.29, 0.717) is 0 Å². The van der Waals surface area contributed by atoms with Gasteiger partial charge in [-0.3, -0.25) is 0 Å². The Kier molecular flexibility index (Phi) is 4.40. The number of pyridine rings is 1. The summed E-state index contributed by atoms with van der Waals surface area (Å²) in [7, 11) is 4.04. The summed E-state index contributed by atoms with van der Waals surface area (Å²) in [5.41, 5.74) is 1.26. The summed E-state index contributed by atoms with van der Waals surface area (Å²) in [5, 5.41) is 3.15. The minimum atomic E-state index is 0.872. The van der Waals surface area contributed by atoms with Crippen molar-refractivity contribution >= 4 is 5.82 Å². The highest BCUT2D eigenvalue weighted by Crippen LogP contribution is 2.15. The van der Waals surface area contributed by atoms with Crippen LogP contribution in [0.4, 0.5) is 5.82 Å². The first-order valence-corrected chi connectivity index (χ1v) is 5.09. The number of hydrogen-bond acceptors (Lipinski definition) is 3. The number of aromatic nitrogens is 1. The number of hydrogen-bond donors (Lipinski definition) is 1. The number of rotatable bonds is 5. The van der Waals surface area contributed by atoms with Crippen LogP contribution in [0.5, 0.6) is 0 Å². The molecule has 3 heteroatoms. The lowest BCUT2D eigenvalue weighted by Crippen LogP contribution is -2.21. The van der Waals surface area contributed by atoms with Crippen molar-refractivity contribution in [2.24, 2.45) is 0 Å². The van der Waals surface area contributed by atoms with Gasteiger partial charge in [-0.25, -0.2) is 4.98 Å². The van der Waals surface area contributed by atoms with E-state index >= 15 is 0 Å². The van der Waals surface area contributed by atoms with Crippen LogP contribution in [0.1, 0.15) is 18.9 Å². The fourth-order valence-electron chi connectivity index (χ4n) is 1.54. The lowest BCUT2D eigenvalue weighted by molar-refractivity contribution is 0.785. The molecule has 1 N–H and O–H groups in total. The summed E-state index contributed by atoms with van der Waals surface area (Å²) in [6.07, 6.45) is 2.99. The Hall–Kier alpha value is -1.09. The molecule has 0 amide bonds. The molecule has 1 heterocycles. The Morgan fingerprint density at radius 2 is 2.29 bits per heavy atom. The summed E-state index contributed by atoms with van der Waals surface area (Å²) in [6, 6.07) is 4.10. The molecule has 3 nitrogen and oxygen atoms in total. The maximum atomic E-state index is 4.40. The third-order valence-electron chi connectivity index (χ3n) is 2.16. The van der Waals surface area contributed by atoms with Crippen molar-refractivity contribution in [1.82, 2.24) is 10.3 Å². The van der Waals surface area contributed by atoms with Crippen molar-refractivity contribution in [3.05, 3.63) is 23.9 Å². The minimum absolute atomic E-state index is 0.872. The van der Waals surface area contributed by atoms with Crippen LogP contribution < -0.4 is 10.2 Å². The highest BCUT2D eigenvalue weighted by atomic mass is 15.2. The summed E-state index contributed by atoms with van der Waals surface area (Å²) >= 11 is 0. The quantitative estimate of drug-likeness (QED) is 0.770. The van der Waals surface area contributed by atoms with Crippen LogP contribution in [0.2, 0.25) is 0 Å². The van der Waals surface area contributed by atoms with Crippen LogP contribution in [-0.2, 0) is 6.54 Å². The third-order valence-corrected chi connectivity index (χ3v) is 2.16. The monoisotopic (exact) mass is 193 g/mol. The summed E-state index contributed by atoms with van der Waals surface area (Å²) in [5.74, 6) is 1.09. The molecule has 1 rings (SSSR count). The van der Waals surface area contributed by atoms with E-state index in [1.54, 1.807) is 0 Å². The average Bonchev–Trinajstić information content (AvgIpc) is 2.19. The predicted molar refractivity (Wildman–Crippen MR) is 60.6 cm³/mol. The van der Waals surface area contributed by atoms with E-state index in [4.69, 9.17) is 0 Å². The van der Waals surface area contributed by atoms with E-state index in [-0.39, 0.29) is 0 Å². The van der Waals surface area contributed by atoms with Crippen LogP contribution in [0.3, 0.4) is 0 Å². The molecule has 0 radical (unpaired) electrons. The second kappa shape index (κ2) is 5.60. The van der Waals surface area contributed by atoms with Gasteiger partial charge >= 0.3 is 0 Å². The van der Waals surface area contributed by atoms with Gasteiger partial charge < -0.3 is 10.2 Å². The number of nitrogens with one attached hydrogen (secondary N) is 1. The molecule has 0 aromatic carbocycles. The lowest BCUT2D eigenvalue weighted by Gasteiger charge is -2.20. The Bertz CT molecular complexity index is 273. The predicted octanol–water partition coefficient (Wildman–Crippen LogP) is 1.65. The fraction of sp³-hybridized carbons (Fsp3) is 0.545. The summed E-state index contributed by atoms with van der Waals surface area (Å²) < 4.78 is 0. The largest absolute Gasteiger partial charge is 0.359 e. The molecular formula is C11H19N3. The van der Waals surface area contributed by atoms with E-state index < -0.39 is 0 Å². The van der Waals surface area contributed by atoms with Crippen molar-refractivity contribution < 1.29 is 0 Å². The molecule has 0 spiro atoms. The van der Waals surface area contributed by atoms with E-state index in [1.165, 1.54) is 5.56 Å². The van der Waals surface area contributed by atoms with Crippen LogP contribution in [-0.4, -0.2) is 25.6 Å². The Morgan fingerprint density at radius 3 is 2.93 bits per heavy atom. The van der Waals surface area contributed by atoms with Crippen molar-refractivity contribution in [1.29, 1.82) is 0 Å². The second-order valence-corrected chi connectivity index (χ2v) is 3.44. The van der Waals surface area contributed by atoms with Crippen LogP contribution >= 0.6 is 0 Å². The second-order valence-electron chi connectivity index (χ2n) is 3.44. The SMILES string of the molecule is CCCN(C)c1ncccc1CNC. The molecule has 1 aromatic heterocycles. The Labute approximate surface area is 86.2 Å². The molecule has 0 fully saturated rings. The minimum Gasteiger partial charge on any atom is -0.359 e. The summed E-state index contributed by atoms with van der Waals surface area (Å²) in [6.45, 7) is 4.10. The first kappa shape index (κ1) is 11.0. The normalized spacial score (nSPS) is 10.2. The van der Waals surface area contributed by atoms with Gasteiger partial charge in [-0.15, -0.1) is 0 Å². The maximum Gasteiger partial charge on any atom is 0.132 e. The van der Waals surface area contributed by atoms with E-state index in [1.807, 2.05) is 19.3 Å². The fourth-order valence-corrected chi connectivity index (χ4v) is 1.54. The molecule has 0 saturated carbocycles. The highest BCUT2D eigenvalue weighted by molar-refractivity contribution is 5.45. The van der Waals surface area contributed by atoms with Crippen molar-refractivity contribution in [2.45, 2.75) is 19.9 Å². The maximum absolute atomic E-state index is 4.40. The van der Waals surface area contributed by atoms with Gasteiger partial charge in [0, 0.05) is 31.9 Å². The van der Waals surface area contributed by atoms with Gasteiger partial charge in [0.15, 0.2) is 0 Å². The smallest absolute Gasteiger partial charge is 0.132 e. The molecular weight excluding hydrogens is 174 g/mol. The van der Waals surface area contributed by atoms with Gasteiger partial charge in [0.05, 0.1) is 0 Å². The first-order chi connectivity index (χ1) is 6.79. The molecule has 1 aromatic rings. The van der Waals surface area contributed by atoms with Crippen molar-refractivity contribution in [3.8, 4) is 0 Å². The zero-order chi connectivity index (χ0) is 10.4. The van der Waals surface area contributed by atoms with Gasteiger partial charge in [-0.2, -0.15) is 0 Å². The average molecular weight is 193 g/mol. The van der Waals surface area contributed by atoms with Crippen LogP contribution in [0.25, 0.3) is 0 Å². The standard InChI is InChI=1S/C11H19N3/c1-4-8-14(3)11-10(9-12-2)6-5-7-13-11/h5-7,12H,4,8-9H2,1-3H3. The molecule has 0 aliphatic rings. The van der Waals surface area contributed by atoms with Crippen molar-refractivity contribution in [2.75, 3.05) is 25.5 Å². The molecule has 78 valence electrons. The molecule has 0 unspecified atom stereocenters. The molecule has 0 atom stereocenters. The molecule has 14 heavy (non-hydrogen) atoms. The summed E-state index contributed by atoms with van der Waals surface area (Å²) in [4.78, 5) is 6.60. The van der Waals surface area contributed by atoms with Gasteiger partial charge in [0.2, 0.25) is 0 Å². The Morgan fingerprint density at radius 1 is 1.50 bits per heavy atom.